The van der Waals surface area contributed by atoms with Gasteiger partial charge in [0.2, 0.25) is 5.91 Å². The molecule has 10 heteroatoms. The van der Waals surface area contributed by atoms with E-state index >= 15 is 0 Å². The number of amides is 1. The van der Waals surface area contributed by atoms with Gasteiger partial charge in [-0.05, 0) is 42.3 Å². The fourth-order valence-electron chi connectivity index (χ4n) is 2.98. The van der Waals surface area contributed by atoms with E-state index < -0.39 is 34.0 Å². The number of hydrogen-bond donors (Lipinski definition) is 2. The highest BCUT2D eigenvalue weighted by Crippen LogP contribution is 2.30. The van der Waals surface area contributed by atoms with Crippen LogP contribution in [-0.4, -0.2) is 38.8 Å². The van der Waals surface area contributed by atoms with E-state index in [-0.39, 0.29) is 17.1 Å². The van der Waals surface area contributed by atoms with Gasteiger partial charge in [-0.15, -0.1) is 0 Å². The van der Waals surface area contributed by atoms with E-state index in [1.165, 1.54) is 26.3 Å². The van der Waals surface area contributed by atoms with Crippen LogP contribution >= 0.6 is 11.6 Å². The van der Waals surface area contributed by atoms with E-state index in [4.69, 9.17) is 16.3 Å². The van der Waals surface area contributed by atoms with Crippen LogP contribution < -0.4 is 14.8 Å². The number of anilines is 1. The number of halogens is 2. The molecular formula is C18H19ClFN3O4S. The van der Waals surface area contributed by atoms with Crippen LogP contribution in [0.3, 0.4) is 0 Å². The number of carbonyl (C=O) groups is 1. The summed E-state index contributed by atoms with van der Waals surface area (Å²) in [5, 5.41) is 2.45. The minimum atomic E-state index is -3.88. The second kappa shape index (κ2) is 8.04. The van der Waals surface area contributed by atoms with Crippen LogP contribution in [0.4, 0.5) is 10.1 Å². The smallest absolute Gasteiger partial charge is 0.280 e. The lowest BCUT2D eigenvalue weighted by Gasteiger charge is -2.36. The molecule has 2 N–H and O–H groups in total. The number of nitrogens with one attached hydrogen (secondary N) is 2. The normalized spacial score (nSPS) is 21.9. The summed E-state index contributed by atoms with van der Waals surface area (Å²) >= 11 is 5.73. The molecule has 2 atom stereocenters. The molecule has 1 amide bonds. The molecule has 1 saturated heterocycles. The zero-order valence-corrected chi connectivity index (χ0v) is 16.7. The molecule has 150 valence electrons. The van der Waals surface area contributed by atoms with Crippen LogP contribution in [0.25, 0.3) is 0 Å². The largest absolute Gasteiger partial charge is 0.497 e. The Balaban J connectivity index is 1.85. The Labute approximate surface area is 167 Å². The molecule has 0 spiro atoms. The highest BCUT2D eigenvalue weighted by molar-refractivity contribution is 7.87. The highest BCUT2D eigenvalue weighted by Gasteiger charge is 2.40. The average Bonchev–Trinajstić information content (AvgIpc) is 2.66. The number of rotatable bonds is 4. The first-order chi connectivity index (χ1) is 13.2. The van der Waals surface area contributed by atoms with Crippen molar-refractivity contribution < 1.29 is 22.3 Å². The maximum atomic E-state index is 13.3. The van der Waals surface area contributed by atoms with E-state index in [0.717, 1.165) is 10.4 Å². The van der Waals surface area contributed by atoms with Crippen molar-refractivity contribution in [2.75, 3.05) is 19.5 Å². The van der Waals surface area contributed by atoms with Gasteiger partial charge in [0.1, 0.15) is 17.6 Å². The monoisotopic (exact) mass is 427 g/mol. The molecular weight excluding hydrogens is 409 g/mol. The van der Waals surface area contributed by atoms with Crippen molar-refractivity contribution in [1.82, 2.24) is 9.03 Å². The van der Waals surface area contributed by atoms with Crippen LogP contribution in [-0.2, 0) is 15.0 Å². The summed E-state index contributed by atoms with van der Waals surface area (Å²) in [6, 6.07) is 9.14. The first-order valence-electron chi connectivity index (χ1n) is 8.36. The van der Waals surface area contributed by atoms with Gasteiger partial charge in [0.05, 0.1) is 18.2 Å². The maximum Gasteiger partial charge on any atom is 0.280 e. The summed E-state index contributed by atoms with van der Waals surface area (Å²) in [6.45, 7) is 0. The average molecular weight is 428 g/mol. The molecule has 2 aromatic rings. The van der Waals surface area contributed by atoms with Crippen molar-refractivity contribution in [2.24, 2.45) is 0 Å². The van der Waals surface area contributed by atoms with Gasteiger partial charge in [0.15, 0.2) is 0 Å². The van der Waals surface area contributed by atoms with E-state index in [1.807, 2.05) is 0 Å². The van der Waals surface area contributed by atoms with Gasteiger partial charge in [-0.1, -0.05) is 23.7 Å². The van der Waals surface area contributed by atoms with Crippen molar-refractivity contribution in [3.8, 4) is 5.75 Å². The van der Waals surface area contributed by atoms with Gasteiger partial charge in [0.25, 0.3) is 10.2 Å². The molecule has 0 aromatic heterocycles. The second-order valence-electron chi connectivity index (χ2n) is 6.34. The molecule has 28 heavy (non-hydrogen) atoms. The van der Waals surface area contributed by atoms with Gasteiger partial charge < -0.3 is 10.1 Å². The summed E-state index contributed by atoms with van der Waals surface area (Å²) in [6.07, 6.45) is 0.198. The number of benzene rings is 2. The van der Waals surface area contributed by atoms with E-state index in [2.05, 4.69) is 10.0 Å². The SMILES string of the molecule is COc1cccc([C@@H]2C[C@H](C(=O)Nc3ccc(F)c(Cl)c3)N(C)S(=O)(=O)N2)c1. The molecule has 7 nitrogen and oxygen atoms in total. The highest BCUT2D eigenvalue weighted by atomic mass is 35.5. The molecule has 1 fully saturated rings. The molecule has 3 rings (SSSR count). The molecule has 1 aliphatic rings. The maximum absolute atomic E-state index is 13.3. The Hall–Kier alpha value is -2.20. The number of ether oxygens (including phenoxy) is 1. The predicted molar refractivity (Wildman–Crippen MR) is 104 cm³/mol. The number of nitrogens with zero attached hydrogens (tertiary/aromatic N) is 1. The summed E-state index contributed by atoms with van der Waals surface area (Å²) in [5.41, 5.74) is 0.956. The molecule has 0 saturated carbocycles. The van der Waals surface area contributed by atoms with E-state index in [0.29, 0.717) is 11.3 Å². The number of methoxy groups -OCH3 is 1. The molecule has 1 heterocycles. The molecule has 0 unspecified atom stereocenters. The third-order valence-corrected chi connectivity index (χ3v) is 6.44. The second-order valence-corrected chi connectivity index (χ2v) is 8.51. The summed E-state index contributed by atoms with van der Waals surface area (Å²) in [4.78, 5) is 12.8. The lowest BCUT2D eigenvalue weighted by Crippen LogP contribution is -2.55. The summed E-state index contributed by atoms with van der Waals surface area (Å²) in [5.74, 6) is -0.569. The predicted octanol–water partition coefficient (Wildman–Crippen LogP) is 2.71. The van der Waals surface area contributed by atoms with Crippen LogP contribution in [0.1, 0.15) is 18.0 Å². The van der Waals surface area contributed by atoms with Crippen LogP contribution in [0.15, 0.2) is 42.5 Å². The number of likely N-dealkylation sites (N-methyl/N-ethyl adjacent to an activating group) is 1. The quantitative estimate of drug-likeness (QED) is 0.785. The molecule has 0 bridgehead atoms. The molecule has 2 aromatic carbocycles. The van der Waals surface area contributed by atoms with Crippen molar-refractivity contribution in [1.29, 1.82) is 0 Å². The molecule has 1 aliphatic heterocycles. The first-order valence-corrected chi connectivity index (χ1v) is 10.2. The minimum absolute atomic E-state index is 0.140. The van der Waals surface area contributed by atoms with Gasteiger partial charge in [-0.3, -0.25) is 4.79 Å². The van der Waals surface area contributed by atoms with Gasteiger partial charge in [-0.2, -0.15) is 17.4 Å². The van der Waals surface area contributed by atoms with Crippen LogP contribution in [0, 0.1) is 5.82 Å². The fourth-order valence-corrected chi connectivity index (χ4v) is 4.44. The Kier molecular flexibility index (Phi) is 5.90. The molecule has 0 aliphatic carbocycles. The van der Waals surface area contributed by atoms with E-state index in [1.54, 1.807) is 24.3 Å². The number of hydrogen-bond acceptors (Lipinski definition) is 4. The minimum Gasteiger partial charge on any atom is -0.497 e. The Morgan fingerprint density at radius 1 is 1.32 bits per heavy atom. The summed E-state index contributed by atoms with van der Waals surface area (Å²) < 4.78 is 47.1. The summed E-state index contributed by atoms with van der Waals surface area (Å²) in [7, 11) is -1.04. The topological polar surface area (TPSA) is 87.7 Å². The zero-order valence-electron chi connectivity index (χ0n) is 15.1. The third kappa shape index (κ3) is 4.27. The van der Waals surface area contributed by atoms with Crippen LogP contribution in [0.2, 0.25) is 5.02 Å². The third-order valence-electron chi connectivity index (χ3n) is 4.55. The van der Waals surface area contributed by atoms with Gasteiger partial charge in [0, 0.05) is 12.7 Å². The van der Waals surface area contributed by atoms with Gasteiger partial charge >= 0.3 is 0 Å². The molecule has 0 radical (unpaired) electrons. The Bertz CT molecular complexity index is 1000. The standard InChI is InChI=1S/C18H19ClFN3O4S/c1-23-17(18(24)21-12-6-7-15(20)14(19)9-12)10-16(22-28(23,25)26)11-4-3-5-13(8-11)27-2/h3-9,16-17,22H,10H2,1-2H3,(H,21,24)/t16-,17+/m0/s1. The lowest BCUT2D eigenvalue weighted by atomic mass is 9.99. The fraction of sp³-hybridized carbons (Fsp3) is 0.278. The Morgan fingerprint density at radius 3 is 2.75 bits per heavy atom. The van der Waals surface area contributed by atoms with E-state index in [9.17, 15) is 17.6 Å². The van der Waals surface area contributed by atoms with Crippen molar-refractivity contribution in [2.45, 2.75) is 18.5 Å². The number of carbonyl (C=O) groups excluding carboxylic acids is 1. The van der Waals surface area contributed by atoms with Gasteiger partial charge in [-0.25, -0.2) is 4.39 Å². The lowest BCUT2D eigenvalue weighted by molar-refractivity contribution is -0.120. The Morgan fingerprint density at radius 2 is 2.07 bits per heavy atom. The van der Waals surface area contributed by atoms with Crippen molar-refractivity contribution in [3.63, 3.8) is 0 Å². The van der Waals surface area contributed by atoms with Crippen LogP contribution in [0.5, 0.6) is 5.75 Å². The van der Waals surface area contributed by atoms with Crippen molar-refractivity contribution in [3.05, 3.63) is 58.9 Å². The first kappa shape index (κ1) is 20.5. The van der Waals surface area contributed by atoms with Crippen molar-refractivity contribution >= 4 is 33.4 Å². The zero-order chi connectivity index (χ0) is 20.5.